The van der Waals surface area contributed by atoms with E-state index < -0.39 is 10.8 Å². The molecule has 0 fully saturated rings. The Labute approximate surface area is 181 Å². The van der Waals surface area contributed by atoms with Crippen LogP contribution in [0, 0.1) is 0 Å². The molecule has 0 rings (SSSR count). The minimum absolute atomic E-state index is 0.0791. The average Bonchev–Trinajstić information content (AvgIpc) is 2.57. The summed E-state index contributed by atoms with van der Waals surface area (Å²) < 4.78 is 0. The molecule has 2 nitrogen and oxygen atoms in total. The van der Waals surface area contributed by atoms with Gasteiger partial charge in [-0.2, -0.15) is 0 Å². The van der Waals surface area contributed by atoms with Gasteiger partial charge in [-0.3, -0.25) is 4.79 Å². The van der Waals surface area contributed by atoms with Crippen LogP contribution in [0.5, 0.6) is 0 Å². The first-order valence-electron chi connectivity index (χ1n) is 9.21. The number of aliphatic carboxylic acids is 1. The average molecular weight is 600 g/mol. The molecule has 0 aromatic carbocycles. The predicted molar refractivity (Wildman–Crippen MR) is 120 cm³/mol. The number of alkyl halides is 4. The van der Waals surface area contributed by atoms with Crippen molar-refractivity contribution in [3.8, 4) is 0 Å². The van der Waals surface area contributed by atoms with Crippen LogP contribution in [0.3, 0.4) is 0 Å². The van der Waals surface area contributed by atoms with Crippen molar-refractivity contribution in [3.05, 3.63) is 0 Å². The van der Waals surface area contributed by atoms with E-state index in [-0.39, 0.29) is 9.65 Å². The van der Waals surface area contributed by atoms with Crippen LogP contribution in [0.15, 0.2) is 0 Å². The van der Waals surface area contributed by atoms with Gasteiger partial charge < -0.3 is 5.11 Å². The number of carboxylic acids is 1. The zero-order valence-electron chi connectivity index (χ0n) is 14.5. The van der Waals surface area contributed by atoms with Gasteiger partial charge in [0.05, 0.1) is 4.83 Å². The van der Waals surface area contributed by atoms with Crippen LogP contribution < -0.4 is 0 Å². The lowest BCUT2D eigenvalue weighted by Gasteiger charge is -2.19. The molecule has 0 amide bonds. The Bertz CT molecular complexity index is 303. The largest absolute Gasteiger partial charge is 0.480 e. The Hall–Kier alpha value is 1.39. The zero-order valence-corrected chi connectivity index (χ0v) is 20.8. The Morgan fingerprint density at radius 3 is 1.46 bits per heavy atom. The monoisotopic (exact) mass is 596 g/mol. The number of hydrogen-bond donors (Lipinski definition) is 1. The van der Waals surface area contributed by atoms with Crippen molar-refractivity contribution in [1.82, 2.24) is 0 Å². The van der Waals surface area contributed by atoms with Gasteiger partial charge in [-0.25, -0.2) is 0 Å². The number of carbonyl (C=O) groups is 1. The van der Waals surface area contributed by atoms with E-state index in [0.717, 1.165) is 18.2 Å². The van der Waals surface area contributed by atoms with E-state index in [0.29, 0.717) is 0 Å². The molecule has 3 unspecified atom stereocenters. The predicted octanol–water partition coefficient (Wildman–Crippen LogP) is 7.83. The molecule has 24 heavy (non-hydrogen) atoms. The SMILES string of the molecule is O=C(O)C(Br)C(Br)C(Br)CCCCCCCCCCCCCCBr. The molecule has 0 saturated heterocycles. The fourth-order valence-corrected chi connectivity index (χ4v) is 4.97. The molecular weight excluding hydrogens is 568 g/mol. The highest BCUT2D eigenvalue weighted by atomic mass is 79.9. The van der Waals surface area contributed by atoms with E-state index >= 15 is 0 Å². The molecule has 0 radical (unpaired) electrons. The van der Waals surface area contributed by atoms with E-state index in [1.54, 1.807) is 0 Å². The van der Waals surface area contributed by atoms with Crippen molar-refractivity contribution >= 4 is 69.7 Å². The summed E-state index contributed by atoms with van der Waals surface area (Å²) in [6.45, 7) is 0. The van der Waals surface area contributed by atoms with Gasteiger partial charge in [-0.1, -0.05) is 134 Å². The molecule has 6 heteroatoms. The lowest BCUT2D eigenvalue weighted by atomic mass is 10.0. The fraction of sp³-hybridized carbons (Fsp3) is 0.944. The molecule has 0 aliphatic rings. The van der Waals surface area contributed by atoms with Gasteiger partial charge in [0.15, 0.2) is 0 Å². The smallest absolute Gasteiger partial charge is 0.318 e. The van der Waals surface area contributed by atoms with E-state index in [1.807, 2.05) is 0 Å². The van der Waals surface area contributed by atoms with Crippen molar-refractivity contribution in [3.63, 3.8) is 0 Å². The summed E-state index contributed by atoms with van der Waals surface area (Å²) in [5, 5.41) is 10.1. The maximum absolute atomic E-state index is 10.9. The van der Waals surface area contributed by atoms with Crippen LogP contribution in [0.1, 0.15) is 83.5 Å². The van der Waals surface area contributed by atoms with Crippen LogP contribution in [0.4, 0.5) is 0 Å². The second kappa shape index (κ2) is 17.8. The van der Waals surface area contributed by atoms with Gasteiger partial charge in [0.25, 0.3) is 0 Å². The van der Waals surface area contributed by atoms with Gasteiger partial charge in [0, 0.05) is 10.2 Å². The van der Waals surface area contributed by atoms with Gasteiger partial charge in [-0.15, -0.1) is 0 Å². The van der Waals surface area contributed by atoms with Gasteiger partial charge in [-0.05, 0) is 12.8 Å². The number of halogens is 4. The number of rotatable bonds is 17. The second-order valence-electron chi connectivity index (χ2n) is 6.42. The molecule has 0 bridgehead atoms. The number of hydrogen-bond acceptors (Lipinski definition) is 1. The Morgan fingerprint density at radius 1 is 0.708 bits per heavy atom. The molecule has 0 aromatic rings. The minimum Gasteiger partial charge on any atom is -0.480 e. The highest BCUT2D eigenvalue weighted by Gasteiger charge is 2.28. The molecule has 0 aliphatic carbocycles. The Balaban J connectivity index is 3.34. The first kappa shape index (κ1) is 25.4. The number of unbranched alkanes of at least 4 members (excludes halogenated alkanes) is 11. The summed E-state index contributed by atoms with van der Waals surface area (Å²) in [6.07, 6.45) is 17.1. The van der Waals surface area contributed by atoms with Gasteiger partial charge in [0.1, 0.15) is 4.83 Å². The third kappa shape index (κ3) is 14.5. The maximum atomic E-state index is 10.9. The van der Waals surface area contributed by atoms with E-state index in [4.69, 9.17) is 5.11 Å². The van der Waals surface area contributed by atoms with Crippen LogP contribution in [0.2, 0.25) is 0 Å². The standard InChI is InChI=1S/C18H32Br4O2/c19-14-12-10-8-6-4-2-1-3-5-7-9-11-13-15(20)16(21)17(22)18(23)24/h15-17H,1-14H2,(H,23,24). The summed E-state index contributed by atoms with van der Waals surface area (Å²) >= 11 is 13.8. The molecule has 144 valence electrons. The van der Waals surface area contributed by atoms with Crippen LogP contribution in [-0.4, -0.2) is 30.9 Å². The van der Waals surface area contributed by atoms with Gasteiger partial charge >= 0.3 is 5.97 Å². The molecular formula is C18H32Br4O2. The lowest BCUT2D eigenvalue weighted by molar-refractivity contribution is -0.136. The summed E-state index contributed by atoms with van der Waals surface area (Å²) in [5.74, 6) is -0.815. The maximum Gasteiger partial charge on any atom is 0.318 e. The highest BCUT2D eigenvalue weighted by molar-refractivity contribution is 9.13. The minimum atomic E-state index is -0.815. The van der Waals surface area contributed by atoms with Crippen molar-refractivity contribution < 1.29 is 9.90 Å². The molecule has 0 aromatic heterocycles. The Morgan fingerprint density at radius 2 is 1.08 bits per heavy atom. The third-order valence-corrected chi connectivity index (χ3v) is 9.36. The summed E-state index contributed by atoms with van der Waals surface area (Å²) in [7, 11) is 0. The van der Waals surface area contributed by atoms with E-state index in [2.05, 4.69) is 63.7 Å². The Kier molecular flexibility index (Phi) is 18.8. The molecule has 1 N–H and O–H groups in total. The van der Waals surface area contributed by atoms with Crippen molar-refractivity contribution in [1.29, 1.82) is 0 Å². The summed E-state index contributed by atoms with van der Waals surface area (Å²) in [5.41, 5.74) is 0. The van der Waals surface area contributed by atoms with Crippen LogP contribution >= 0.6 is 63.7 Å². The third-order valence-electron chi connectivity index (χ3n) is 4.22. The molecule has 0 heterocycles. The molecule has 0 saturated carbocycles. The van der Waals surface area contributed by atoms with Crippen LogP contribution in [0.25, 0.3) is 0 Å². The zero-order chi connectivity index (χ0) is 18.2. The first-order valence-corrected chi connectivity index (χ1v) is 13.1. The van der Waals surface area contributed by atoms with E-state index in [1.165, 1.54) is 70.6 Å². The summed E-state index contributed by atoms with van der Waals surface area (Å²) in [6, 6.07) is 0. The second-order valence-corrected chi connectivity index (χ2v) is 10.4. The summed E-state index contributed by atoms with van der Waals surface area (Å²) in [4.78, 5) is 10.5. The fourth-order valence-electron chi connectivity index (χ4n) is 2.68. The van der Waals surface area contributed by atoms with Crippen LogP contribution in [-0.2, 0) is 4.79 Å². The quantitative estimate of drug-likeness (QED) is 0.137. The lowest BCUT2D eigenvalue weighted by Crippen LogP contribution is -2.30. The normalized spacial score (nSPS) is 15.2. The first-order chi connectivity index (χ1) is 11.5. The highest BCUT2D eigenvalue weighted by Crippen LogP contribution is 2.27. The molecule has 0 spiro atoms. The topological polar surface area (TPSA) is 37.3 Å². The van der Waals surface area contributed by atoms with Crippen molar-refractivity contribution in [2.75, 3.05) is 5.33 Å². The van der Waals surface area contributed by atoms with Crippen molar-refractivity contribution in [2.24, 2.45) is 0 Å². The molecule has 0 aliphatic heterocycles. The van der Waals surface area contributed by atoms with Gasteiger partial charge in [0.2, 0.25) is 0 Å². The van der Waals surface area contributed by atoms with E-state index in [9.17, 15) is 4.79 Å². The van der Waals surface area contributed by atoms with Crippen molar-refractivity contribution in [2.45, 2.75) is 98.0 Å². The molecule has 3 atom stereocenters. The number of carboxylic acid groups (broad SMARTS) is 1.